The molecule has 1 heterocycles. The van der Waals surface area contributed by atoms with E-state index in [1.54, 1.807) is 18.2 Å². The summed E-state index contributed by atoms with van der Waals surface area (Å²) in [4.78, 5) is 12.0. The fourth-order valence-electron chi connectivity index (χ4n) is 3.11. The first-order valence-corrected chi connectivity index (χ1v) is 9.22. The molecule has 0 N–H and O–H groups in total. The summed E-state index contributed by atoms with van der Waals surface area (Å²) >= 11 is 0. The smallest absolute Gasteiger partial charge is 0.427 e. The number of esters is 1. The fourth-order valence-corrected chi connectivity index (χ4v) is 3.11. The second-order valence-corrected chi connectivity index (χ2v) is 8.64. The molecule has 1 aromatic carbocycles. The number of hydrogen-bond acceptors (Lipinski definition) is 4. The lowest BCUT2D eigenvalue weighted by Gasteiger charge is -2.34. The number of nitrogens with zero attached hydrogens (tertiary/aromatic N) is 1. The maximum absolute atomic E-state index is 12.9. The molecule has 28 heavy (non-hydrogen) atoms. The number of carbonyl (C=O) groups excluding carboxylic acids is 1. The number of halogens is 3. The van der Waals surface area contributed by atoms with E-state index < -0.39 is 23.2 Å². The highest BCUT2D eigenvalue weighted by molar-refractivity contribution is 5.73. The van der Waals surface area contributed by atoms with Gasteiger partial charge in [-0.3, -0.25) is 4.79 Å². The SMILES string of the molecule is C[C@@H]1Cc2cc(CC(=O)OC(C)(C)C(F)(F)F)ccc2O[C@H]1CC(C)(C)C#N. The largest absolute Gasteiger partial charge is 0.490 e. The van der Waals surface area contributed by atoms with Gasteiger partial charge in [-0.25, -0.2) is 0 Å². The highest BCUT2D eigenvalue weighted by Crippen LogP contribution is 2.37. The summed E-state index contributed by atoms with van der Waals surface area (Å²) in [6.45, 7) is 7.44. The predicted molar refractivity (Wildman–Crippen MR) is 97.7 cm³/mol. The van der Waals surface area contributed by atoms with Crippen molar-refractivity contribution in [2.24, 2.45) is 11.3 Å². The van der Waals surface area contributed by atoms with Crippen LogP contribution in [0.2, 0.25) is 0 Å². The number of ether oxygens (including phenoxy) is 2. The second-order valence-electron chi connectivity index (χ2n) is 8.64. The molecule has 0 radical (unpaired) electrons. The third kappa shape index (κ3) is 5.18. The summed E-state index contributed by atoms with van der Waals surface area (Å²) in [6.07, 6.45) is -3.66. The molecule has 1 aliphatic heterocycles. The Bertz CT molecular complexity index is 778. The molecule has 7 heteroatoms. The van der Waals surface area contributed by atoms with Gasteiger partial charge in [0.15, 0.2) is 0 Å². The number of hydrogen-bond donors (Lipinski definition) is 0. The van der Waals surface area contributed by atoms with Gasteiger partial charge in [0.25, 0.3) is 0 Å². The molecule has 0 saturated carbocycles. The Hall–Kier alpha value is -2.23. The molecule has 0 spiro atoms. The molecule has 0 aliphatic carbocycles. The first kappa shape index (κ1) is 22.1. The second kappa shape index (κ2) is 7.65. The van der Waals surface area contributed by atoms with Crippen LogP contribution in [-0.2, 0) is 22.4 Å². The Kier molecular flexibility index (Phi) is 6.03. The Morgan fingerprint density at radius 2 is 1.93 bits per heavy atom. The summed E-state index contributed by atoms with van der Waals surface area (Å²) in [5, 5.41) is 9.24. The lowest BCUT2D eigenvalue weighted by Crippen LogP contribution is -2.43. The van der Waals surface area contributed by atoms with Crippen LogP contribution >= 0.6 is 0 Å². The zero-order valence-corrected chi connectivity index (χ0v) is 16.8. The maximum atomic E-state index is 12.9. The third-order valence-electron chi connectivity index (χ3n) is 4.99. The molecule has 0 saturated heterocycles. The Morgan fingerprint density at radius 1 is 1.29 bits per heavy atom. The van der Waals surface area contributed by atoms with Crippen molar-refractivity contribution in [1.29, 1.82) is 5.26 Å². The molecule has 0 bridgehead atoms. The van der Waals surface area contributed by atoms with Crippen molar-refractivity contribution in [2.45, 2.75) is 71.8 Å². The Labute approximate surface area is 163 Å². The topological polar surface area (TPSA) is 59.3 Å². The molecule has 2 atom stereocenters. The van der Waals surface area contributed by atoms with E-state index in [0.717, 1.165) is 19.4 Å². The van der Waals surface area contributed by atoms with E-state index in [9.17, 15) is 23.2 Å². The average molecular weight is 397 g/mol. The van der Waals surface area contributed by atoms with Crippen molar-refractivity contribution in [3.05, 3.63) is 29.3 Å². The van der Waals surface area contributed by atoms with Crippen LogP contribution in [0.15, 0.2) is 18.2 Å². The zero-order chi connectivity index (χ0) is 21.3. The van der Waals surface area contributed by atoms with Gasteiger partial charge in [0.1, 0.15) is 11.9 Å². The van der Waals surface area contributed by atoms with E-state index >= 15 is 0 Å². The van der Waals surface area contributed by atoms with E-state index in [1.165, 1.54) is 0 Å². The van der Waals surface area contributed by atoms with Crippen molar-refractivity contribution in [3.63, 3.8) is 0 Å². The number of rotatable bonds is 5. The minimum absolute atomic E-state index is 0.0921. The maximum Gasteiger partial charge on any atom is 0.427 e. The van der Waals surface area contributed by atoms with Crippen LogP contribution in [0.25, 0.3) is 0 Å². The van der Waals surface area contributed by atoms with E-state index in [0.29, 0.717) is 24.2 Å². The van der Waals surface area contributed by atoms with Crippen LogP contribution in [0, 0.1) is 22.7 Å². The number of alkyl halides is 3. The average Bonchev–Trinajstić information content (AvgIpc) is 2.54. The number of benzene rings is 1. The minimum Gasteiger partial charge on any atom is -0.490 e. The Balaban J connectivity index is 2.08. The van der Waals surface area contributed by atoms with Crippen LogP contribution in [0.5, 0.6) is 5.75 Å². The number of carbonyl (C=O) groups is 1. The fraction of sp³-hybridized carbons (Fsp3) is 0.619. The van der Waals surface area contributed by atoms with Gasteiger partial charge in [-0.1, -0.05) is 19.1 Å². The van der Waals surface area contributed by atoms with E-state index in [-0.39, 0.29) is 18.4 Å². The van der Waals surface area contributed by atoms with Crippen molar-refractivity contribution in [2.75, 3.05) is 0 Å². The standard InChI is InChI=1S/C21H26F3NO3/c1-13-8-15-9-14(10-18(26)28-20(4,5)21(22,23)24)6-7-16(15)27-17(13)11-19(2,3)12-25/h6-7,9,13,17H,8,10-11H2,1-5H3/t13-,17+/m1/s1. The van der Waals surface area contributed by atoms with Crippen molar-refractivity contribution in [1.82, 2.24) is 0 Å². The van der Waals surface area contributed by atoms with E-state index in [2.05, 4.69) is 10.8 Å². The molecule has 1 aliphatic rings. The van der Waals surface area contributed by atoms with Gasteiger partial charge in [-0.15, -0.1) is 0 Å². The highest BCUT2D eigenvalue weighted by atomic mass is 19.4. The van der Waals surface area contributed by atoms with Crippen molar-refractivity contribution >= 4 is 5.97 Å². The molecule has 4 nitrogen and oxygen atoms in total. The summed E-state index contributed by atoms with van der Waals surface area (Å²) < 4.78 is 49.3. The molecule has 1 aromatic rings. The van der Waals surface area contributed by atoms with Crippen molar-refractivity contribution in [3.8, 4) is 11.8 Å². The molecule has 0 amide bonds. The van der Waals surface area contributed by atoms with E-state index in [4.69, 9.17) is 4.74 Å². The first-order valence-electron chi connectivity index (χ1n) is 9.22. The summed E-state index contributed by atoms with van der Waals surface area (Å²) in [5.41, 5.74) is -1.55. The molecule has 0 unspecified atom stereocenters. The minimum atomic E-state index is -4.63. The van der Waals surface area contributed by atoms with Gasteiger partial charge in [0.2, 0.25) is 5.60 Å². The number of fused-ring (bicyclic) bond motifs is 1. The van der Waals surface area contributed by atoms with Gasteiger partial charge >= 0.3 is 12.1 Å². The number of nitriles is 1. The normalized spacial score (nSPS) is 20.0. The Morgan fingerprint density at radius 3 is 2.50 bits per heavy atom. The van der Waals surface area contributed by atoms with Crippen LogP contribution in [-0.4, -0.2) is 23.9 Å². The predicted octanol–water partition coefficient (Wildman–Crippen LogP) is 4.99. The van der Waals surface area contributed by atoms with Crippen molar-refractivity contribution < 1.29 is 27.4 Å². The summed E-state index contributed by atoms with van der Waals surface area (Å²) in [6, 6.07) is 7.44. The molecule has 154 valence electrons. The van der Waals surface area contributed by atoms with Gasteiger partial charge < -0.3 is 9.47 Å². The summed E-state index contributed by atoms with van der Waals surface area (Å²) in [7, 11) is 0. The third-order valence-corrected chi connectivity index (χ3v) is 4.99. The summed E-state index contributed by atoms with van der Waals surface area (Å²) in [5.74, 6) is -0.0724. The molecular formula is C21H26F3NO3. The van der Waals surface area contributed by atoms with Crippen LogP contribution in [0.1, 0.15) is 52.2 Å². The van der Waals surface area contributed by atoms with Gasteiger partial charge in [0, 0.05) is 6.42 Å². The quantitative estimate of drug-likeness (QED) is 0.657. The van der Waals surface area contributed by atoms with Crippen LogP contribution < -0.4 is 4.74 Å². The van der Waals surface area contributed by atoms with Gasteiger partial charge in [-0.2, -0.15) is 18.4 Å². The molecular weight excluding hydrogens is 371 g/mol. The highest BCUT2D eigenvalue weighted by Gasteiger charge is 2.50. The first-order chi connectivity index (χ1) is 12.7. The van der Waals surface area contributed by atoms with E-state index in [1.807, 2.05) is 20.8 Å². The van der Waals surface area contributed by atoms with Crippen LogP contribution in [0.3, 0.4) is 0 Å². The lowest BCUT2D eigenvalue weighted by atomic mass is 9.81. The van der Waals surface area contributed by atoms with Crippen LogP contribution in [0.4, 0.5) is 13.2 Å². The zero-order valence-electron chi connectivity index (χ0n) is 16.8. The molecule has 2 rings (SSSR count). The molecule has 0 aromatic heterocycles. The van der Waals surface area contributed by atoms with Gasteiger partial charge in [0.05, 0.1) is 17.9 Å². The molecule has 0 fully saturated rings. The van der Waals surface area contributed by atoms with Gasteiger partial charge in [-0.05, 0) is 57.2 Å². The lowest BCUT2D eigenvalue weighted by molar-refractivity contribution is -0.257. The monoisotopic (exact) mass is 397 g/mol.